The lowest BCUT2D eigenvalue weighted by atomic mass is 9.99. The van der Waals surface area contributed by atoms with Crippen molar-refractivity contribution in [1.29, 1.82) is 21.0 Å². The van der Waals surface area contributed by atoms with Crippen molar-refractivity contribution < 1.29 is 0 Å². The third-order valence-electron chi connectivity index (χ3n) is 8.11. The van der Waals surface area contributed by atoms with E-state index >= 15 is 0 Å². The second-order valence-electron chi connectivity index (χ2n) is 10.9. The first-order chi connectivity index (χ1) is 24.0. The van der Waals surface area contributed by atoms with E-state index in [0.717, 1.165) is 50.4 Å². The van der Waals surface area contributed by atoms with Crippen LogP contribution in [0.1, 0.15) is 22.3 Å². The Labute approximate surface area is 283 Å². The van der Waals surface area contributed by atoms with Crippen molar-refractivity contribution >= 4 is 28.4 Å². The van der Waals surface area contributed by atoms with Gasteiger partial charge in [-0.15, -0.1) is 0 Å². The van der Waals surface area contributed by atoms with Crippen LogP contribution in [0.5, 0.6) is 0 Å². The maximum atomic E-state index is 9.51. The lowest BCUT2D eigenvalue weighted by molar-refractivity contribution is 1.28. The van der Waals surface area contributed by atoms with E-state index in [1.165, 1.54) is 0 Å². The minimum Gasteiger partial charge on any atom is -0.311 e. The van der Waals surface area contributed by atoms with E-state index in [4.69, 9.17) is 13.1 Å². The lowest BCUT2D eigenvalue weighted by Crippen LogP contribution is -2.09. The SMILES string of the molecule is [C-]#[N+]c1ccc(-c2ccc(N(c3ccc(-c4ccc(C#N)c(C#N)c4)cc3)c3ccc(-c4ccc(C#N)c(C#N)c4)cc3)cc2)cc1[N+]#[C-]. The predicted octanol–water partition coefficient (Wildman–Crippen LogP) is 10.7. The molecular weight excluding hydrogens is 603 g/mol. The van der Waals surface area contributed by atoms with Crippen molar-refractivity contribution in [2.45, 2.75) is 0 Å². The zero-order valence-electron chi connectivity index (χ0n) is 25.8. The molecule has 0 aliphatic carbocycles. The summed E-state index contributed by atoms with van der Waals surface area (Å²) < 4.78 is 0. The maximum absolute atomic E-state index is 9.51. The van der Waals surface area contributed by atoms with Crippen molar-refractivity contribution in [3.05, 3.63) is 172 Å². The Bertz CT molecular complexity index is 2210. The largest absolute Gasteiger partial charge is 0.311 e. The molecule has 0 aliphatic heterocycles. The molecule has 0 spiro atoms. The Morgan fingerprint density at radius 3 is 1.04 bits per heavy atom. The van der Waals surface area contributed by atoms with Crippen LogP contribution in [0.25, 0.3) is 43.1 Å². The van der Waals surface area contributed by atoms with Gasteiger partial charge in [0, 0.05) is 17.1 Å². The minimum atomic E-state index is 0.312. The molecule has 0 saturated carbocycles. The molecule has 0 radical (unpaired) electrons. The Morgan fingerprint density at radius 1 is 0.367 bits per heavy atom. The summed E-state index contributed by atoms with van der Waals surface area (Å²) >= 11 is 0. The number of hydrogen-bond donors (Lipinski definition) is 0. The molecule has 6 rings (SSSR count). The average molecular weight is 624 g/mol. The lowest BCUT2D eigenvalue weighted by Gasteiger charge is -2.26. The average Bonchev–Trinajstić information content (AvgIpc) is 3.18. The van der Waals surface area contributed by atoms with Gasteiger partial charge in [0.1, 0.15) is 24.3 Å². The van der Waals surface area contributed by atoms with Crippen LogP contribution < -0.4 is 4.90 Å². The summed E-state index contributed by atoms with van der Waals surface area (Å²) in [4.78, 5) is 9.05. The topological polar surface area (TPSA) is 107 Å². The summed E-state index contributed by atoms with van der Waals surface area (Å²) in [5.74, 6) is 0. The highest BCUT2D eigenvalue weighted by Crippen LogP contribution is 2.39. The highest BCUT2D eigenvalue weighted by molar-refractivity contribution is 5.83. The molecule has 224 valence electrons. The molecule has 49 heavy (non-hydrogen) atoms. The molecule has 0 N–H and O–H groups in total. The number of rotatable bonds is 6. The molecule has 0 heterocycles. The van der Waals surface area contributed by atoms with Gasteiger partial charge in [-0.1, -0.05) is 66.7 Å². The Balaban J connectivity index is 1.40. The van der Waals surface area contributed by atoms with Crippen LogP contribution in [0, 0.1) is 58.5 Å². The molecule has 7 nitrogen and oxygen atoms in total. The van der Waals surface area contributed by atoms with Crippen molar-refractivity contribution in [2.75, 3.05) is 4.90 Å². The minimum absolute atomic E-state index is 0.312. The highest BCUT2D eigenvalue weighted by Gasteiger charge is 2.15. The second kappa shape index (κ2) is 13.6. The summed E-state index contributed by atoms with van der Waals surface area (Å²) in [6.45, 7) is 14.8. The molecule has 0 unspecified atom stereocenters. The van der Waals surface area contributed by atoms with Crippen LogP contribution in [0.15, 0.2) is 127 Å². The summed E-state index contributed by atoms with van der Waals surface area (Å²) in [7, 11) is 0. The van der Waals surface area contributed by atoms with Crippen LogP contribution in [-0.4, -0.2) is 0 Å². The van der Waals surface area contributed by atoms with Crippen molar-refractivity contribution in [3.8, 4) is 57.7 Å². The van der Waals surface area contributed by atoms with Gasteiger partial charge in [-0.05, 0) is 94.0 Å². The summed E-state index contributed by atoms with van der Waals surface area (Å²) in [6, 6.07) is 47.7. The molecule has 6 aromatic rings. The first-order valence-electron chi connectivity index (χ1n) is 14.9. The summed E-state index contributed by atoms with van der Waals surface area (Å²) in [6.07, 6.45) is 0. The number of anilines is 3. The van der Waals surface area contributed by atoms with E-state index in [2.05, 4.69) is 38.9 Å². The second-order valence-corrected chi connectivity index (χ2v) is 10.9. The van der Waals surface area contributed by atoms with Gasteiger partial charge < -0.3 is 4.90 Å². The fraction of sp³-hybridized carbons (Fsp3) is 0. The van der Waals surface area contributed by atoms with Gasteiger partial charge in [0.25, 0.3) is 0 Å². The van der Waals surface area contributed by atoms with E-state index in [1.54, 1.807) is 36.4 Å². The van der Waals surface area contributed by atoms with Crippen LogP contribution in [0.2, 0.25) is 0 Å². The normalized spacial score (nSPS) is 9.92. The fourth-order valence-electron chi connectivity index (χ4n) is 5.57. The zero-order chi connectivity index (χ0) is 34.3. The summed E-state index contributed by atoms with van der Waals surface area (Å²) in [5.41, 5.74) is 9.74. The monoisotopic (exact) mass is 623 g/mol. The van der Waals surface area contributed by atoms with Gasteiger partial charge in [0.2, 0.25) is 0 Å². The van der Waals surface area contributed by atoms with Crippen molar-refractivity contribution in [3.63, 3.8) is 0 Å². The van der Waals surface area contributed by atoms with Gasteiger partial charge in [-0.2, -0.15) is 21.0 Å². The Hall–Kier alpha value is -7.94. The first kappa shape index (κ1) is 31.1. The number of benzene rings is 6. The van der Waals surface area contributed by atoms with Crippen LogP contribution in [0.4, 0.5) is 28.4 Å². The number of nitrogens with zero attached hydrogens (tertiary/aromatic N) is 7. The molecule has 6 aromatic carbocycles. The third kappa shape index (κ3) is 6.16. The van der Waals surface area contributed by atoms with E-state index in [0.29, 0.717) is 33.6 Å². The van der Waals surface area contributed by atoms with E-state index < -0.39 is 0 Å². The van der Waals surface area contributed by atoms with Gasteiger partial charge in [0.15, 0.2) is 11.4 Å². The molecule has 7 heteroatoms. The molecule has 0 aliphatic rings. The van der Waals surface area contributed by atoms with Crippen LogP contribution in [0.3, 0.4) is 0 Å². The standard InChI is InChI=1S/C42H21N7/c1-47-41-20-13-33(23-42(41)48-2)30-11-18-40(19-12-30)49(38-14-7-28(8-15-38)31-3-5-34(24-43)36(21-31)26-45)39-16-9-29(10-17-39)32-4-6-35(25-44)37(22-32)27-46/h3-23H. The van der Waals surface area contributed by atoms with Crippen LogP contribution >= 0.6 is 0 Å². The van der Waals surface area contributed by atoms with E-state index in [-0.39, 0.29) is 0 Å². The molecule has 0 fully saturated rings. The van der Waals surface area contributed by atoms with Gasteiger partial charge in [0.05, 0.1) is 35.4 Å². The molecule has 0 bridgehead atoms. The highest BCUT2D eigenvalue weighted by atomic mass is 15.1. The van der Waals surface area contributed by atoms with Crippen molar-refractivity contribution in [2.24, 2.45) is 0 Å². The van der Waals surface area contributed by atoms with Gasteiger partial charge in [-0.3, -0.25) is 9.69 Å². The molecule has 0 atom stereocenters. The molecule has 0 aromatic heterocycles. The third-order valence-corrected chi connectivity index (χ3v) is 8.11. The maximum Gasteiger partial charge on any atom is 0.195 e. The van der Waals surface area contributed by atoms with E-state index in [1.807, 2.05) is 91.0 Å². The molecule has 0 saturated heterocycles. The first-order valence-corrected chi connectivity index (χ1v) is 14.9. The van der Waals surface area contributed by atoms with Crippen molar-refractivity contribution in [1.82, 2.24) is 0 Å². The zero-order valence-corrected chi connectivity index (χ0v) is 25.8. The Morgan fingerprint density at radius 2 is 0.694 bits per heavy atom. The smallest absolute Gasteiger partial charge is 0.195 e. The van der Waals surface area contributed by atoms with Gasteiger partial charge in [-0.25, -0.2) is 0 Å². The molecular formula is C42H21N7. The van der Waals surface area contributed by atoms with Gasteiger partial charge >= 0.3 is 0 Å². The predicted molar refractivity (Wildman–Crippen MR) is 189 cm³/mol. The summed E-state index contributed by atoms with van der Waals surface area (Å²) in [5, 5.41) is 37.7. The molecule has 0 amide bonds. The van der Waals surface area contributed by atoms with Crippen LogP contribution in [-0.2, 0) is 0 Å². The number of nitriles is 4. The quantitative estimate of drug-likeness (QED) is 0.172. The number of hydrogen-bond acceptors (Lipinski definition) is 5. The fourth-order valence-corrected chi connectivity index (χ4v) is 5.57. The van der Waals surface area contributed by atoms with E-state index in [9.17, 15) is 21.0 Å². The Kier molecular flexibility index (Phi) is 8.61.